The Balaban J connectivity index is 1.02. The number of rotatable bonds is 16. The van der Waals surface area contributed by atoms with Crippen LogP contribution in [0.1, 0.15) is 65.1 Å². The molecule has 27 nitrogen and oxygen atoms in total. The SMILES string of the molecule is CC(C)(C)[Si](C)(C)O[C@H]1[C@H]2O[P@@](=O)(SCc3ccccc3[N+](=O)[O-])OC[C@H]3OC(n4cnc5c(NC(=O)c6ccccc6)ncnc54)[C@H](F)[C@@H]3O[P@](=O)(SCc3ccccc3[N+](=O)[O-])OC[C@H]1O[C@H]2n1cnc2c(NC(=O)c3ccccc3)ncnc21. The zero-order valence-corrected chi connectivity index (χ0v) is 51.3. The van der Waals surface area contributed by atoms with Crippen LogP contribution < -0.4 is 10.6 Å². The summed E-state index contributed by atoms with van der Waals surface area (Å²) in [7, 11) is -3.02. The lowest BCUT2D eigenvalue weighted by molar-refractivity contribution is -0.385. The molecule has 0 aliphatic carbocycles. The number of halogens is 1. The molecular formula is C54H55FN12O15P2S2Si. The van der Waals surface area contributed by atoms with Gasteiger partial charge in [0, 0.05) is 45.9 Å². The number of carbonyl (C=O) groups excluding carboxylic acids is 2. The van der Waals surface area contributed by atoms with E-state index in [4.69, 9.17) is 32.0 Å². The van der Waals surface area contributed by atoms with Gasteiger partial charge in [-0.3, -0.25) is 57.0 Å². The first kappa shape index (κ1) is 61.4. The van der Waals surface area contributed by atoms with Gasteiger partial charge >= 0.3 is 13.6 Å². The normalized spacial score (nSPS) is 25.2. The molecular weight excluding hydrogens is 1230 g/mol. The second kappa shape index (κ2) is 25.1. The standard InChI is InChI=1S/C54H55FN12O15P2S2Si/c1-54(2,3)87(4,5)82-44-39-25-77-83(74,85-26-34-20-12-14-22-36(34)66(70)71)80-43-38(78-52(40(43)55)64-30-60-41-46(56-28-58-48(41)64)62-50(68)32-16-8-6-9-17-32)24-76-84(75,86-27-35-21-13-15-23-37(35)67(72)73)81-45(44)53(79-39)65-31-61-42-47(57-29-59-49(42)65)63-51(69)33-18-10-7-11-19-33/h6-23,28-31,38-40,43-45,52-53H,24-27H2,1-5H3,(H,56,58,62,68)(H,57,59,63,69)/t38-,39-,40-,43-,44-,45-,52?,53-,83-,84+/m1/s1. The van der Waals surface area contributed by atoms with Crippen molar-refractivity contribution < 1.29 is 65.0 Å². The van der Waals surface area contributed by atoms with Gasteiger partial charge < -0.3 is 24.5 Å². The van der Waals surface area contributed by atoms with Crippen molar-refractivity contribution in [3.8, 4) is 0 Å². The number of hydrogen-bond acceptors (Lipinski definition) is 23. The van der Waals surface area contributed by atoms with E-state index in [1.165, 1.54) is 64.5 Å². The number of imidazole rings is 2. The van der Waals surface area contributed by atoms with Gasteiger partial charge in [-0.1, -0.05) is 93.6 Å². The molecule has 454 valence electrons. The van der Waals surface area contributed by atoms with E-state index in [1.54, 1.807) is 72.8 Å². The van der Waals surface area contributed by atoms with Crippen LogP contribution in [-0.4, -0.2) is 119 Å². The largest absolute Gasteiger partial charge is 0.408 e. The van der Waals surface area contributed by atoms with Crippen LogP contribution in [0.2, 0.25) is 18.1 Å². The maximum Gasteiger partial charge on any atom is 0.390 e. The van der Waals surface area contributed by atoms with Gasteiger partial charge in [0.25, 0.3) is 23.2 Å². The summed E-state index contributed by atoms with van der Waals surface area (Å²) in [6.45, 7) is -1.47. The van der Waals surface area contributed by atoms with Crippen LogP contribution in [0.15, 0.2) is 135 Å². The summed E-state index contributed by atoms with van der Waals surface area (Å²) in [5, 5.41) is 29.6. The summed E-state index contributed by atoms with van der Waals surface area (Å²) < 4.78 is 99.3. The third-order valence-electron chi connectivity index (χ3n) is 15.0. The molecule has 7 heterocycles. The Labute approximate surface area is 503 Å². The second-order valence-electron chi connectivity index (χ2n) is 21.6. The number of nitro benzene ring substituents is 2. The molecule has 0 saturated carbocycles. The van der Waals surface area contributed by atoms with Crippen molar-refractivity contribution in [1.29, 1.82) is 0 Å². The van der Waals surface area contributed by atoms with Gasteiger partial charge in [0.15, 0.2) is 60.9 Å². The van der Waals surface area contributed by atoms with E-state index in [0.29, 0.717) is 33.9 Å². The molecule has 11 rings (SSSR count). The number of alkyl halides is 1. The lowest BCUT2D eigenvalue weighted by Gasteiger charge is -2.40. The minimum atomic E-state index is -4.88. The number of fused-ring (bicyclic) bond motifs is 5. The molecule has 87 heavy (non-hydrogen) atoms. The molecule has 0 spiro atoms. The van der Waals surface area contributed by atoms with Crippen LogP contribution in [-0.2, 0) is 52.6 Å². The van der Waals surface area contributed by atoms with E-state index in [2.05, 4.69) is 40.5 Å². The molecule has 8 aromatic rings. The quantitative estimate of drug-likeness (QED) is 0.0393. The first-order chi connectivity index (χ1) is 41.6. The molecule has 2 bridgehead atoms. The van der Waals surface area contributed by atoms with Crippen molar-refractivity contribution in [2.45, 2.75) is 99.6 Å². The predicted octanol–water partition coefficient (Wildman–Crippen LogP) is 11.4. The smallest absolute Gasteiger partial charge is 0.390 e. The summed E-state index contributed by atoms with van der Waals surface area (Å²) in [6, 6.07) is 28.2. The number of para-hydroxylation sites is 2. The van der Waals surface area contributed by atoms with Gasteiger partial charge in [0.05, 0.1) is 35.7 Å². The van der Waals surface area contributed by atoms with Gasteiger partial charge in [0.1, 0.15) is 43.2 Å². The highest BCUT2D eigenvalue weighted by atomic mass is 32.7. The van der Waals surface area contributed by atoms with Crippen LogP contribution in [0.25, 0.3) is 22.3 Å². The number of nitro groups is 2. The van der Waals surface area contributed by atoms with Crippen molar-refractivity contribution >= 4 is 102 Å². The predicted molar refractivity (Wildman–Crippen MR) is 320 cm³/mol. The van der Waals surface area contributed by atoms with Crippen molar-refractivity contribution in [3.63, 3.8) is 0 Å². The van der Waals surface area contributed by atoms with E-state index >= 15 is 13.5 Å². The molecule has 4 aromatic carbocycles. The Hall–Kier alpha value is -7.25. The molecule has 3 aliphatic heterocycles. The lowest BCUT2D eigenvalue weighted by Crippen LogP contribution is -2.50. The van der Waals surface area contributed by atoms with Crippen molar-refractivity contribution in [3.05, 3.63) is 177 Å². The fraction of sp³-hybridized carbons (Fsp3) is 0.333. The topological polar surface area (TPSA) is 330 Å². The number of anilines is 2. The minimum absolute atomic E-state index is 0.0175. The Morgan fingerprint density at radius 2 is 1.09 bits per heavy atom. The zero-order chi connectivity index (χ0) is 61.4. The molecule has 3 saturated heterocycles. The average molecular weight is 1290 g/mol. The maximum atomic E-state index is 18.0. The summed E-state index contributed by atoms with van der Waals surface area (Å²) in [6.07, 6.45) is -8.41. The summed E-state index contributed by atoms with van der Waals surface area (Å²) >= 11 is 1.09. The van der Waals surface area contributed by atoms with E-state index in [0.717, 1.165) is 6.33 Å². The average Bonchev–Trinajstić information content (AvgIpc) is 1.77. The first-order valence-electron chi connectivity index (χ1n) is 26.9. The van der Waals surface area contributed by atoms with E-state index in [9.17, 15) is 29.8 Å². The maximum absolute atomic E-state index is 18.0. The molecule has 2 amide bonds. The molecule has 2 N–H and O–H groups in total. The highest BCUT2D eigenvalue weighted by Crippen LogP contribution is 2.68. The molecule has 3 aliphatic rings. The Morgan fingerprint density at radius 3 is 1.57 bits per heavy atom. The van der Waals surface area contributed by atoms with Gasteiger partial charge in [-0.15, -0.1) is 0 Å². The van der Waals surface area contributed by atoms with Gasteiger partial charge in [0.2, 0.25) is 0 Å². The number of benzene rings is 4. The van der Waals surface area contributed by atoms with Gasteiger partial charge in [-0.05, 0) is 65.2 Å². The molecule has 1 unspecified atom stereocenters. The number of carbonyl (C=O) groups is 2. The van der Waals surface area contributed by atoms with Gasteiger partial charge in [-0.2, -0.15) is 0 Å². The molecule has 10 atom stereocenters. The minimum Gasteiger partial charge on any atom is -0.408 e. The van der Waals surface area contributed by atoms with E-state index in [-0.39, 0.29) is 68.0 Å². The van der Waals surface area contributed by atoms with Crippen LogP contribution in [0, 0.1) is 20.2 Å². The third kappa shape index (κ3) is 13.0. The Bertz CT molecular complexity index is 4010. The third-order valence-corrected chi connectivity index (χ3v) is 26.8. The van der Waals surface area contributed by atoms with Crippen molar-refractivity contribution in [2.24, 2.45) is 0 Å². The van der Waals surface area contributed by atoms with Crippen molar-refractivity contribution in [1.82, 2.24) is 39.0 Å². The monoisotopic (exact) mass is 1280 g/mol. The Morgan fingerprint density at radius 1 is 0.655 bits per heavy atom. The lowest BCUT2D eigenvalue weighted by atomic mass is 10.1. The molecule has 0 radical (unpaired) electrons. The summed E-state index contributed by atoms with van der Waals surface area (Å²) in [5.41, 5.74) is 0.452. The molecule has 3 fully saturated rings. The fourth-order valence-electron chi connectivity index (χ4n) is 9.56. The fourth-order valence-corrected chi connectivity index (χ4v) is 17.6. The summed E-state index contributed by atoms with van der Waals surface area (Å²) in [4.78, 5) is 76.7. The first-order valence-corrected chi connectivity index (χ1v) is 36.1. The van der Waals surface area contributed by atoms with Crippen LogP contribution in [0.4, 0.5) is 27.4 Å². The number of hydrogen-bond donors (Lipinski definition) is 2. The number of aromatic nitrogens is 8. The number of amides is 2. The highest BCUT2D eigenvalue weighted by Gasteiger charge is 2.57. The van der Waals surface area contributed by atoms with Gasteiger partial charge in [-0.25, -0.2) is 43.4 Å². The Kier molecular flexibility index (Phi) is 17.7. The van der Waals surface area contributed by atoms with E-state index in [1.807, 2.05) is 33.9 Å². The second-order valence-corrected chi connectivity index (χ2v) is 34.4. The molecule has 4 aromatic heterocycles. The summed E-state index contributed by atoms with van der Waals surface area (Å²) in [5.74, 6) is -1.76. The molecule has 33 heteroatoms. The van der Waals surface area contributed by atoms with Crippen LogP contribution >= 0.6 is 36.4 Å². The number of nitrogens with zero attached hydrogens (tertiary/aromatic N) is 10. The van der Waals surface area contributed by atoms with Crippen LogP contribution in [0.5, 0.6) is 0 Å². The zero-order valence-electron chi connectivity index (χ0n) is 46.8. The van der Waals surface area contributed by atoms with Crippen LogP contribution in [0.3, 0.4) is 0 Å². The highest BCUT2D eigenvalue weighted by molar-refractivity contribution is 8.55. The van der Waals surface area contributed by atoms with Crippen molar-refractivity contribution in [2.75, 3.05) is 23.8 Å². The number of nitrogens with one attached hydrogen (secondary N) is 2. The number of ether oxygens (including phenoxy) is 2. The van der Waals surface area contributed by atoms with E-state index < -0.39 is 111 Å².